The van der Waals surface area contributed by atoms with Gasteiger partial charge in [-0.25, -0.2) is 0 Å². The molecule has 0 bridgehead atoms. The molecule has 0 aromatic carbocycles. The maximum atomic E-state index is 13.3. The number of carbonyl (C=O) groups is 2. The molecule has 0 heterocycles. The van der Waals surface area contributed by atoms with Crippen molar-refractivity contribution in [3.05, 3.63) is 60.8 Å². The first-order chi connectivity index (χ1) is 32.0. The topological polar surface area (TPSA) is 95.9 Å². The highest BCUT2D eigenvalue weighted by atomic mass is 16.5. The Morgan fingerprint density at radius 3 is 1.31 bits per heavy atom. The predicted molar refractivity (Wildman–Crippen MR) is 282 cm³/mol. The van der Waals surface area contributed by atoms with Crippen LogP contribution in [0.25, 0.3) is 0 Å². The molecule has 3 atom stereocenters. The molecular formula is C59H107NO5. The highest BCUT2D eigenvalue weighted by Gasteiger charge is 2.24. The average molecular weight is 911 g/mol. The van der Waals surface area contributed by atoms with Crippen molar-refractivity contribution in [3.63, 3.8) is 0 Å². The Morgan fingerprint density at radius 1 is 0.462 bits per heavy atom. The van der Waals surface area contributed by atoms with Crippen LogP contribution in [0.4, 0.5) is 0 Å². The number of allylic oxidation sites excluding steroid dienone is 10. The van der Waals surface area contributed by atoms with E-state index in [1.54, 1.807) is 0 Å². The minimum absolute atomic E-state index is 0.0583. The average Bonchev–Trinajstić information content (AvgIpc) is 3.30. The highest BCUT2D eigenvalue weighted by molar-refractivity contribution is 5.77. The van der Waals surface area contributed by atoms with Gasteiger partial charge < -0.3 is 20.3 Å². The number of aliphatic hydroxyl groups excluding tert-OH is 2. The zero-order chi connectivity index (χ0) is 47.4. The standard InChI is InChI=1S/C59H107NO5/c1-4-7-10-13-16-19-22-25-27-29-30-33-35-38-41-44-47-50-55(65-59(64)52-49-46-43-40-37-32-24-21-18-15-12-9-6-3)53-58(63)60-56(54-61)57(62)51-48-45-42-39-36-34-31-28-26-23-20-17-14-11-8-5-2/h9,12,15,18,21,24-25,27,32,37,55-57,61-62H,4-8,10-11,13-14,16-17,19-20,22-23,26,28-31,33-36,38-54H2,1-3H3,(H,60,63)/b12-9+,18-15+,24-21-,27-25+,37-32-. The van der Waals surface area contributed by atoms with Gasteiger partial charge in [0, 0.05) is 6.42 Å². The number of nitrogens with one attached hydrogen (secondary N) is 1. The summed E-state index contributed by atoms with van der Waals surface area (Å²) in [4.78, 5) is 26.2. The van der Waals surface area contributed by atoms with E-state index in [0.29, 0.717) is 19.3 Å². The highest BCUT2D eigenvalue weighted by Crippen LogP contribution is 2.18. The number of aliphatic hydroxyl groups is 2. The number of hydrogen-bond donors (Lipinski definition) is 3. The van der Waals surface area contributed by atoms with E-state index in [1.807, 2.05) is 24.3 Å². The summed E-state index contributed by atoms with van der Waals surface area (Å²) in [7, 11) is 0. The quantitative estimate of drug-likeness (QED) is 0.0245. The van der Waals surface area contributed by atoms with Gasteiger partial charge in [0.25, 0.3) is 0 Å². The van der Waals surface area contributed by atoms with E-state index in [0.717, 1.165) is 70.6 Å². The Balaban J connectivity index is 4.59. The van der Waals surface area contributed by atoms with Crippen LogP contribution in [0.2, 0.25) is 0 Å². The third-order valence-corrected chi connectivity index (χ3v) is 12.7. The molecule has 0 aromatic heterocycles. The third kappa shape index (κ3) is 47.8. The van der Waals surface area contributed by atoms with E-state index < -0.39 is 18.2 Å². The summed E-state index contributed by atoms with van der Waals surface area (Å²) in [6, 6.07) is -0.713. The zero-order valence-corrected chi connectivity index (χ0v) is 43.1. The predicted octanol–water partition coefficient (Wildman–Crippen LogP) is 17.2. The number of rotatable bonds is 50. The van der Waals surface area contributed by atoms with E-state index in [2.05, 4.69) is 62.5 Å². The van der Waals surface area contributed by atoms with Gasteiger partial charge in [-0.15, -0.1) is 0 Å². The maximum Gasteiger partial charge on any atom is 0.306 e. The van der Waals surface area contributed by atoms with Gasteiger partial charge in [-0.1, -0.05) is 255 Å². The number of esters is 1. The van der Waals surface area contributed by atoms with Crippen LogP contribution < -0.4 is 5.32 Å². The first kappa shape index (κ1) is 62.6. The van der Waals surface area contributed by atoms with E-state index in [-0.39, 0.29) is 24.9 Å². The Kier molecular flexibility index (Phi) is 50.6. The summed E-state index contributed by atoms with van der Waals surface area (Å²) >= 11 is 0. The van der Waals surface area contributed by atoms with Crippen LogP contribution in [-0.4, -0.2) is 46.9 Å². The summed E-state index contributed by atoms with van der Waals surface area (Å²) in [5.41, 5.74) is 0. The van der Waals surface area contributed by atoms with Gasteiger partial charge >= 0.3 is 5.97 Å². The fraction of sp³-hybridized carbons (Fsp3) is 0.797. The molecule has 6 nitrogen and oxygen atoms in total. The van der Waals surface area contributed by atoms with Crippen molar-refractivity contribution in [2.24, 2.45) is 0 Å². The number of unbranched alkanes of at least 4 members (excludes halogenated alkanes) is 31. The monoisotopic (exact) mass is 910 g/mol. The lowest BCUT2D eigenvalue weighted by Crippen LogP contribution is -2.46. The first-order valence-corrected chi connectivity index (χ1v) is 28.1. The van der Waals surface area contributed by atoms with Gasteiger partial charge in [-0.05, 0) is 70.6 Å². The molecule has 0 rings (SSSR count). The summed E-state index contributed by atoms with van der Waals surface area (Å²) in [5, 5.41) is 23.9. The lowest BCUT2D eigenvalue weighted by Gasteiger charge is -2.24. The zero-order valence-electron chi connectivity index (χ0n) is 43.1. The molecule has 0 aliphatic carbocycles. The molecule has 0 saturated carbocycles. The van der Waals surface area contributed by atoms with Gasteiger partial charge in [0.05, 0.1) is 25.2 Å². The molecule has 65 heavy (non-hydrogen) atoms. The van der Waals surface area contributed by atoms with E-state index in [1.165, 1.54) is 161 Å². The van der Waals surface area contributed by atoms with Gasteiger partial charge in [-0.2, -0.15) is 0 Å². The fourth-order valence-corrected chi connectivity index (χ4v) is 8.44. The van der Waals surface area contributed by atoms with Crippen molar-refractivity contribution in [1.29, 1.82) is 0 Å². The molecule has 0 spiro atoms. The number of hydrogen-bond acceptors (Lipinski definition) is 5. The van der Waals surface area contributed by atoms with Crippen molar-refractivity contribution in [2.75, 3.05) is 6.61 Å². The number of ether oxygens (including phenoxy) is 1. The van der Waals surface area contributed by atoms with Gasteiger partial charge in [-0.3, -0.25) is 9.59 Å². The summed E-state index contributed by atoms with van der Waals surface area (Å²) in [6.07, 6.45) is 65.7. The lowest BCUT2D eigenvalue weighted by molar-refractivity contribution is -0.151. The molecule has 378 valence electrons. The Bertz CT molecular complexity index is 1160. The Hall–Kier alpha value is -2.44. The summed E-state index contributed by atoms with van der Waals surface area (Å²) in [6.45, 7) is 6.35. The Morgan fingerprint density at radius 2 is 0.846 bits per heavy atom. The lowest BCUT2D eigenvalue weighted by atomic mass is 10.0. The van der Waals surface area contributed by atoms with Crippen LogP contribution >= 0.6 is 0 Å². The molecule has 0 aromatic rings. The minimum atomic E-state index is -0.798. The van der Waals surface area contributed by atoms with Crippen molar-refractivity contribution in [1.82, 2.24) is 5.32 Å². The molecule has 0 fully saturated rings. The molecule has 3 N–H and O–H groups in total. The molecule has 0 aliphatic heterocycles. The second kappa shape index (κ2) is 52.5. The van der Waals surface area contributed by atoms with E-state index >= 15 is 0 Å². The van der Waals surface area contributed by atoms with Crippen molar-refractivity contribution in [3.8, 4) is 0 Å². The van der Waals surface area contributed by atoms with Gasteiger partial charge in [0.1, 0.15) is 6.10 Å². The largest absolute Gasteiger partial charge is 0.462 e. The smallest absolute Gasteiger partial charge is 0.306 e. The number of amides is 1. The SMILES string of the molecule is CC/C=C/C=C/C=C\C=C/CCCCCC(=O)OC(CCCCCCCCC/C=C/CCCCCCCC)CC(=O)NC(CO)C(O)CCCCCCCCCCCCCCCCCC. The van der Waals surface area contributed by atoms with Crippen LogP contribution in [0.1, 0.15) is 278 Å². The van der Waals surface area contributed by atoms with Crippen LogP contribution in [-0.2, 0) is 14.3 Å². The molecule has 3 unspecified atom stereocenters. The molecule has 0 saturated heterocycles. The molecule has 0 radical (unpaired) electrons. The second-order valence-corrected chi connectivity index (χ2v) is 19.0. The van der Waals surface area contributed by atoms with Crippen molar-refractivity contribution in [2.45, 2.75) is 296 Å². The summed E-state index contributed by atoms with van der Waals surface area (Å²) < 4.78 is 5.93. The van der Waals surface area contributed by atoms with Crippen LogP contribution in [0.15, 0.2) is 60.8 Å². The van der Waals surface area contributed by atoms with Crippen LogP contribution in [0.3, 0.4) is 0 Å². The van der Waals surface area contributed by atoms with Gasteiger partial charge in [0.15, 0.2) is 0 Å². The van der Waals surface area contributed by atoms with Crippen LogP contribution in [0.5, 0.6) is 0 Å². The molecule has 0 aliphatic rings. The third-order valence-electron chi connectivity index (χ3n) is 12.7. The number of carbonyl (C=O) groups excluding carboxylic acids is 2. The summed E-state index contributed by atoms with van der Waals surface area (Å²) in [5.74, 6) is -0.518. The van der Waals surface area contributed by atoms with E-state index in [4.69, 9.17) is 4.74 Å². The molecule has 1 amide bonds. The normalized spacial score (nSPS) is 13.6. The van der Waals surface area contributed by atoms with Crippen molar-refractivity contribution < 1.29 is 24.5 Å². The van der Waals surface area contributed by atoms with Crippen LogP contribution in [0, 0.1) is 0 Å². The minimum Gasteiger partial charge on any atom is -0.462 e. The molecular weight excluding hydrogens is 803 g/mol. The van der Waals surface area contributed by atoms with E-state index in [9.17, 15) is 19.8 Å². The van der Waals surface area contributed by atoms with Gasteiger partial charge in [0.2, 0.25) is 5.91 Å². The fourth-order valence-electron chi connectivity index (χ4n) is 8.44. The maximum absolute atomic E-state index is 13.3. The second-order valence-electron chi connectivity index (χ2n) is 19.0. The first-order valence-electron chi connectivity index (χ1n) is 28.1. The molecule has 6 heteroatoms. The Labute approximate surface area is 403 Å². The van der Waals surface area contributed by atoms with Crippen molar-refractivity contribution >= 4 is 11.9 Å².